The van der Waals surface area contributed by atoms with Crippen molar-refractivity contribution in [1.29, 1.82) is 0 Å². The van der Waals surface area contributed by atoms with Gasteiger partial charge in [-0.3, -0.25) is 9.59 Å². The van der Waals surface area contributed by atoms with Gasteiger partial charge in [-0.1, -0.05) is 56.6 Å². The Morgan fingerprint density at radius 1 is 1.06 bits per heavy atom. The van der Waals surface area contributed by atoms with Gasteiger partial charge in [0.2, 0.25) is 5.91 Å². The Morgan fingerprint density at radius 3 is 2.23 bits per heavy atom. The third-order valence-corrected chi connectivity index (χ3v) is 3.68. The Bertz CT molecular complexity index is 824. The van der Waals surface area contributed by atoms with Crippen molar-refractivity contribution >= 4 is 23.4 Å². The van der Waals surface area contributed by atoms with E-state index in [2.05, 4.69) is 43.5 Å². The number of hydrogen-bond acceptors (Lipinski definition) is 3. The predicted molar refractivity (Wildman–Crippen MR) is 117 cm³/mol. The van der Waals surface area contributed by atoms with E-state index in [0.29, 0.717) is 5.57 Å². The van der Waals surface area contributed by atoms with Gasteiger partial charge in [0.05, 0.1) is 5.03 Å². The van der Waals surface area contributed by atoms with Crippen molar-refractivity contribution in [2.24, 2.45) is 0 Å². The Kier molecular flexibility index (Phi) is 12.0. The third-order valence-electron chi connectivity index (χ3n) is 3.50. The minimum absolute atomic E-state index is 0.0230. The third kappa shape index (κ3) is 13.8. The number of carbonyl (C=O) groups is 2. The van der Waals surface area contributed by atoms with Crippen LogP contribution in [0.2, 0.25) is 0 Å². The molecule has 0 aromatic carbocycles. The molecule has 0 heterocycles. The molecule has 0 rings (SSSR count). The monoisotopic (exact) mass is 458 g/mol. The van der Waals surface area contributed by atoms with Gasteiger partial charge in [0.1, 0.15) is 11.6 Å². The molecule has 5 nitrogen and oxygen atoms in total. The van der Waals surface area contributed by atoms with E-state index < -0.39 is 24.3 Å². The van der Waals surface area contributed by atoms with Gasteiger partial charge in [0.25, 0.3) is 11.8 Å². The second-order valence-electron chi connectivity index (χ2n) is 6.49. The standard InChI is InChI=1S/C22H26ClF3N2O3/c1-14(7-8-15(2)22(6,25)26)12-27-20(29)10-9-16(3)28-21(30)13-31-17(4)11-19(24)18(5)23/h7-8,11H,1-5,9-10,12-13H2,6H3,(H,27,29)(H,28,30)/b8-7-,19-11+. The van der Waals surface area contributed by atoms with Crippen molar-refractivity contribution in [1.82, 2.24) is 10.6 Å². The summed E-state index contributed by atoms with van der Waals surface area (Å²) < 4.78 is 44.2. The van der Waals surface area contributed by atoms with Gasteiger partial charge in [-0.05, 0) is 12.0 Å². The first-order chi connectivity index (χ1) is 14.2. The molecule has 2 amide bonds. The molecule has 0 aliphatic rings. The number of rotatable bonds is 14. The molecular formula is C22H26ClF3N2O3. The number of carbonyl (C=O) groups excluding carboxylic acids is 2. The highest BCUT2D eigenvalue weighted by molar-refractivity contribution is 6.31. The molecule has 0 aromatic rings. The molecule has 31 heavy (non-hydrogen) atoms. The molecule has 0 saturated heterocycles. The van der Waals surface area contributed by atoms with Crippen LogP contribution in [0, 0.1) is 0 Å². The topological polar surface area (TPSA) is 67.4 Å². The smallest absolute Gasteiger partial charge is 0.269 e. The van der Waals surface area contributed by atoms with E-state index in [-0.39, 0.29) is 47.4 Å². The van der Waals surface area contributed by atoms with Crippen molar-refractivity contribution < 1.29 is 27.5 Å². The number of nitrogens with one attached hydrogen (secondary N) is 2. The maximum atomic E-state index is 13.2. The van der Waals surface area contributed by atoms with E-state index in [4.69, 9.17) is 16.3 Å². The summed E-state index contributed by atoms with van der Waals surface area (Å²) in [6, 6.07) is 0. The zero-order valence-electron chi connectivity index (χ0n) is 17.3. The van der Waals surface area contributed by atoms with Crippen molar-refractivity contribution in [2.45, 2.75) is 25.7 Å². The fourth-order valence-corrected chi connectivity index (χ4v) is 1.76. The summed E-state index contributed by atoms with van der Waals surface area (Å²) in [5.74, 6) is -4.92. The van der Waals surface area contributed by atoms with Crippen LogP contribution in [0.1, 0.15) is 19.8 Å². The van der Waals surface area contributed by atoms with Crippen molar-refractivity contribution in [3.05, 3.63) is 84.6 Å². The van der Waals surface area contributed by atoms with Crippen molar-refractivity contribution in [3.8, 4) is 0 Å². The van der Waals surface area contributed by atoms with Crippen LogP contribution >= 0.6 is 11.6 Å². The lowest BCUT2D eigenvalue weighted by Crippen LogP contribution is -2.28. The summed E-state index contributed by atoms with van der Waals surface area (Å²) in [6.45, 7) is 17.5. The second-order valence-corrected chi connectivity index (χ2v) is 6.94. The maximum absolute atomic E-state index is 13.2. The average molecular weight is 459 g/mol. The summed E-state index contributed by atoms with van der Waals surface area (Å²) in [4.78, 5) is 23.6. The normalized spacial score (nSPS) is 11.6. The van der Waals surface area contributed by atoms with E-state index in [1.54, 1.807) is 0 Å². The van der Waals surface area contributed by atoms with Crippen LogP contribution in [0.5, 0.6) is 0 Å². The zero-order chi connectivity index (χ0) is 24.2. The average Bonchev–Trinajstić information content (AvgIpc) is 2.66. The first-order valence-corrected chi connectivity index (χ1v) is 9.31. The van der Waals surface area contributed by atoms with Crippen LogP contribution < -0.4 is 10.6 Å². The lowest BCUT2D eigenvalue weighted by atomic mass is 10.1. The fourth-order valence-electron chi connectivity index (χ4n) is 1.70. The molecule has 0 aliphatic carbocycles. The molecule has 0 atom stereocenters. The summed E-state index contributed by atoms with van der Waals surface area (Å²) in [5.41, 5.74) is 0.308. The van der Waals surface area contributed by atoms with Crippen LogP contribution in [-0.4, -0.2) is 30.9 Å². The van der Waals surface area contributed by atoms with Crippen LogP contribution in [0.3, 0.4) is 0 Å². The minimum Gasteiger partial charge on any atom is -0.484 e. The summed E-state index contributed by atoms with van der Waals surface area (Å²) in [6.07, 6.45) is 3.54. The van der Waals surface area contributed by atoms with E-state index in [1.165, 1.54) is 6.08 Å². The molecule has 0 bridgehead atoms. The summed E-state index contributed by atoms with van der Waals surface area (Å²) >= 11 is 5.35. The van der Waals surface area contributed by atoms with Crippen LogP contribution in [-0.2, 0) is 14.3 Å². The number of halogens is 4. The zero-order valence-corrected chi connectivity index (χ0v) is 18.1. The van der Waals surface area contributed by atoms with Crippen LogP contribution in [0.4, 0.5) is 13.2 Å². The van der Waals surface area contributed by atoms with Gasteiger partial charge in [0, 0.05) is 37.2 Å². The fraction of sp³-hybridized carbons (Fsp3) is 0.273. The largest absolute Gasteiger partial charge is 0.484 e. The quantitative estimate of drug-likeness (QED) is 0.285. The van der Waals surface area contributed by atoms with Crippen LogP contribution in [0.25, 0.3) is 0 Å². The molecular weight excluding hydrogens is 433 g/mol. The van der Waals surface area contributed by atoms with E-state index >= 15 is 0 Å². The van der Waals surface area contributed by atoms with Gasteiger partial charge in [0.15, 0.2) is 6.61 Å². The van der Waals surface area contributed by atoms with Gasteiger partial charge in [-0.25, -0.2) is 13.2 Å². The Labute approximate surface area is 185 Å². The summed E-state index contributed by atoms with van der Waals surface area (Å²) in [7, 11) is 0. The van der Waals surface area contributed by atoms with E-state index in [1.807, 2.05) is 0 Å². The first kappa shape index (κ1) is 28.0. The summed E-state index contributed by atoms with van der Waals surface area (Å²) in [5, 5.41) is 4.67. The molecule has 170 valence electrons. The molecule has 2 N–H and O–H groups in total. The Hall–Kier alpha value is -3.00. The molecule has 0 spiro atoms. The number of alkyl halides is 2. The number of ether oxygens (including phenoxy) is 1. The molecule has 0 saturated carbocycles. The Morgan fingerprint density at radius 2 is 1.68 bits per heavy atom. The van der Waals surface area contributed by atoms with Gasteiger partial charge in [-0.15, -0.1) is 0 Å². The SMILES string of the molecule is C=C(/C=C\C(=C)C(C)(F)F)CNC(=O)CCC(=C)NC(=O)COC(=C)/C=C(/F)C(=C)Cl. The maximum Gasteiger partial charge on any atom is 0.269 e. The molecule has 9 heteroatoms. The van der Waals surface area contributed by atoms with Crippen LogP contribution in [0.15, 0.2) is 84.6 Å². The lowest BCUT2D eigenvalue weighted by Gasteiger charge is -2.11. The van der Waals surface area contributed by atoms with Gasteiger partial charge < -0.3 is 15.4 Å². The number of hydrogen-bond donors (Lipinski definition) is 2. The van der Waals surface area contributed by atoms with Gasteiger partial charge >= 0.3 is 0 Å². The second kappa shape index (κ2) is 13.3. The van der Waals surface area contributed by atoms with Crippen molar-refractivity contribution in [2.75, 3.05) is 13.2 Å². The predicted octanol–water partition coefficient (Wildman–Crippen LogP) is 4.97. The minimum atomic E-state index is -3.03. The first-order valence-electron chi connectivity index (χ1n) is 8.93. The molecule has 0 unspecified atom stereocenters. The van der Waals surface area contributed by atoms with E-state index in [9.17, 15) is 22.8 Å². The van der Waals surface area contributed by atoms with Gasteiger partial charge in [-0.2, -0.15) is 0 Å². The number of allylic oxidation sites excluding steroid dienone is 6. The number of amides is 2. The highest BCUT2D eigenvalue weighted by atomic mass is 35.5. The van der Waals surface area contributed by atoms with Crippen molar-refractivity contribution in [3.63, 3.8) is 0 Å². The highest BCUT2D eigenvalue weighted by Crippen LogP contribution is 2.22. The molecule has 0 radical (unpaired) electrons. The lowest BCUT2D eigenvalue weighted by molar-refractivity contribution is -0.124. The molecule has 0 aromatic heterocycles. The molecule has 0 fully saturated rings. The Balaban J connectivity index is 4.21. The highest BCUT2D eigenvalue weighted by Gasteiger charge is 2.23. The van der Waals surface area contributed by atoms with E-state index in [0.717, 1.165) is 19.1 Å². The molecule has 0 aliphatic heterocycles.